The zero-order valence-corrected chi connectivity index (χ0v) is 10.2. The number of rotatable bonds is 3. The van der Waals surface area contributed by atoms with Gasteiger partial charge in [-0.05, 0) is 42.8 Å². The Balaban J connectivity index is 2.89. The van der Waals surface area contributed by atoms with Crippen molar-refractivity contribution in [1.29, 1.82) is 0 Å². The molecule has 1 amide bonds. The molecule has 4 heteroatoms. The summed E-state index contributed by atoms with van der Waals surface area (Å²) in [6, 6.07) is 1.88. The third-order valence-corrected chi connectivity index (χ3v) is 2.69. The van der Waals surface area contributed by atoms with Gasteiger partial charge in [-0.25, -0.2) is 0 Å². The van der Waals surface area contributed by atoms with E-state index in [4.69, 9.17) is 4.42 Å². The van der Waals surface area contributed by atoms with E-state index in [1.54, 1.807) is 11.0 Å². The Morgan fingerprint density at radius 3 is 2.64 bits per heavy atom. The number of furan rings is 1. The van der Waals surface area contributed by atoms with Crippen LogP contribution in [0.1, 0.15) is 31.1 Å². The lowest BCUT2D eigenvalue weighted by molar-refractivity contribution is 0.0715. The maximum atomic E-state index is 11.9. The van der Waals surface area contributed by atoms with E-state index in [2.05, 4.69) is 15.9 Å². The highest BCUT2D eigenvalue weighted by atomic mass is 79.9. The summed E-state index contributed by atoms with van der Waals surface area (Å²) in [5, 5.41) is 0. The quantitative estimate of drug-likeness (QED) is 0.837. The van der Waals surface area contributed by atoms with Gasteiger partial charge in [-0.2, -0.15) is 0 Å². The molecule has 0 unspecified atom stereocenters. The predicted molar refractivity (Wildman–Crippen MR) is 58.3 cm³/mol. The van der Waals surface area contributed by atoms with Crippen LogP contribution in [0.15, 0.2) is 21.4 Å². The summed E-state index contributed by atoms with van der Waals surface area (Å²) >= 11 is 3.20. The van der Waals surface area contributed by atoms with Crippen LogP contribution >= 0.6 is 15.9 Å². The van der Waals surface area contributed by atoms with E-state index in [1.165, 1.54) is 6.26 Å². The van der Waals surface area contributed by atoms with Gasteiger partial charge in [0.2, 0.25) is 0 Å². The number of amides is 1. The smallest absolute Gasteiger partial charge is 0.258 e. The van der Waals surface area contributed by atoms with E-state index in [0.29, 0.717) is 16.8 Å². The average Bonchev–Trinajstić information content (AvgIpc) is 2.51. The molecule has 0 radical (unpaired) electrons. The van der Waals surface area contributed by atoms with E-state index >= 15 is 0 Å². The van der Waals surface area contributed by atoms with Crippen molar-refractivity contribution in [2.75, 3.05) is 6.54 Å². The van der Waals surface area contributed by atoms with Crippen LogP contribution in [0.3, 0.4) is 0 Å². The second-order valence-electron chi connectivity index (χ2n) is 3.29. The average molecular weight is 260 g/mol. The van der Waals surface area contributed by atoms with Gasteiger partial charge in [0.1, 0.15) is 0 Å². The summed E-state index contributed by atoms with van der Waals surface area (Å²) < 4.78 is 5.53. The summed E-state index contributed by atoms with van der Waals surface area (Å²) in [7, 11) is 0. The Morgan fingerprint density at radius 1 is 1.64 bits per heavy atom. The van der Waals surface area contributed by atoms with E-state index in [9.17, 15) is 4.79 Å². The zero-order valence-electron chi connectivity index (χ0n) is 8.58. The fourth-order valence-electron chi connectivity index (χ4n) is 1.34. The molecule has 0 spiro atoms. The van der Waals surface area contributed by atoms with Crippen molar-refractivity contribution in [1.82, 2.24) is 4.90 Å². The van der Waals surface area contributed by atoms with Crippen LogP contribution in [-0.2, 0) is 0 Å². The van der Waals surface area contributed by atoms with E-state index in [-0.39, 0.29) is 11.9 Å². The van der Waals surface area contributed by atoms with E-state index in [0.717, 1.165) is 0 Å². The minimum absolute atomic E-state index is 0.00289. The standard InChI is InChI=1S/C10H14BrNO2/c1-4-12(7(2)3)10(13)8-5-6-14-9(8)11/h5-7H,4H2,1-3H3. The fourth-order valence-corrected chi connectivity index (χ4v) is 1.75. The van der Waals surface area contributed by atoms with E-state index in [1.807, 2.05) is 20.8 Å². The number of carbonyl (C=O) groups excluding carboxylic acids is 1. The van der Waals surface area contributed by atoms with Gasteiger partial charge in [-0.15, -0.1) is 0 Å². The van der Waals surface area contributed by atoms with Crippen molar-refractivity contribution in [3.63, 3.8) is 0 Å². The zero-order chi connectivity index (χ0) is 10.7. The van der Waals surface area contributed by atoms with Gasteiger partial charge in [-0.3, -0.25) is 4.79 Å². The van der Waals surface area contributed by atoms with Gasteiger partial charge in [0.05, 0.1) is 11.8 Å². The van der Waals surface area contributed by atoms with Gasteiger partial charge in [0.15, 0.2) is 4.67 Å². The highest BCUT2D eigenvalue weighted by Gasteiger charge is 2.20. The molecule has 1 heterocycles. The lowest BCUT2D eigenvalue weighted by Crippen LogP contribution is -2.36. The SMILES string of the molecule is CCN(C(=O)c1ccoc1Br)C(C)C. The Bertz CT molecular complexity index is 320. The molecule has 0 N–H and O–H groups in total. The summed E-state index contributed by atoms with van der Waals surface area (Å²) in [5.74, 6) is 0.00289. The van der Waals surface area contributed by atoms with Crippen molar-refractivity contribution in [3.05, 3.63) is 22.6 Å². The molecule has 0 saturated heterocycles. The molecule has 0 atom stereocenters. The number of halogens is 1. The summed E-state index contributed by atoms with van der Waals surface area (Å²) in [6.45, 7) is 6.66. The van der Waals surface area contributed by atoms with Crippen LogP contribution in [0.4, 0.5) is 0 Å². The molecule has 0 fully saturated rings. The molecular weight excluding hydrogens is 246 g/mol. The first-order chi connectivity index (χ1) is 6.57. The van der Waals surface area contributed by atoms with Crippen LogP contribution in [-0.4, -0.2) is 23.4 Å². The number of hydrogen-bond donors (Lipinski definition) is 0. The Hall–Kier alpha value is -0.770. The van der Waals surface area contributed by atoms with Crippen molar-refractivity contribution in [2.24, 2.45) is 0 Å². The van der Waals surface area contributed by atoms with Crippen LogP contribution in [0.5, 0.6) is 0 Å². The second kappa shape index (κ2) is 4.64. The van der Waals surface area contributed by atoms with Crippen molar-refractivity contribution >= 4 is 21.8 Å². The summed E-state index contributed by atoms with van der Waals surface area (Å²) in [4.78, 5) is 13.7. The van der Waals surface area contributed by atoms with Gasteiger partial charge in [0, 0.05) is 12.6 Å². The molecule has 0 aliphatic heterocycles. The number of nitrogens with zero attached hydrogens (tertiary/aromatic N) is 1. The molecule has 1 aromatic heterocycles. The van der Waals surface area contributed by atoms with Crippen molar-refractivity contribution in [2.45, 2.75) is 26.8 Å². The van der Waals surface area contributed by atoms with Crippen LogP contribution in [0.2, 0.25) is 0 Å². The maximum absolute atomic E-state index is 11.9. The Kier molecular flexibility index (Phi) is 3.75. The predicted octanol–water partition coefficient (Wildman–Crippen LogP) is 2.91. The second-order valence-corrected chi connectivity index (χ2v) is 4.01. The topological polar surface area (TPSA) is 33.5 Å². The first-order valence-electron chi connectivity index (χ1n) is 4.61. The van der Waals surface area contributed by atoms with Crippen LogP contribution in [0, 0.1) is 0 Å². The lowest BCUT2D eigenvalue weighted by Gasteiger charge is -2.24. The molecule has 0 bridgehead atoms. The molecule has 1 aromatic rings. The highest BCUT2D eigenvalue weighted by molar-refractivity contribution is 9.10. The minimum Gasteiger partial charge on any atom is -0.457 e. The highest BCUT2D eigenvalue weighted by Crippen LogP contribution is 2.20. The Labute approximate surface area is 92.2 Å². The largest absolute Gasteiger partial charge is 0.457 e. The molecule has 0 aliphatic carbocycles. The van der Waals surface area contributed by atoms with Gasteiger partial charge < -0.3 is 9.32 Å². The summed E-state index contributed by atoms with van der Waals surface area (Å²) in [6.07, 6.45) is 1.51. The number of carbonyl (C=O) groups is 1. The monoisotopic (exact) mass is 259 g/mol. The van der Waals surface area contributed by atoms with E-state index < -0.39 is 0 Å². The Morgan fingerprint density at radius 2 is 2.29 bits per heavy atom. The molecule has 78 valence electrons. The van der Waals surface area contributed by atoms with Gasteiger partial charge in [0.25, 0.3) is 5.91 Å². The normalized spacial score (nSPS) is 10.6. The van der Waals surface area contributed by atoms with Crippen molar-refractivity contribution in [3.8, 4) is 0 Å². The minimum atomic E-state index is 0.00289. The molecule has 0 aliphatic rings. The first kappa shape index (κ1) is 11.3. The first-order valence-corrected chi connectivity index (χ1v) is 5.41. The molecule has 0 aromatic carbocycles. The fraction of sp³-hybridized carbons (Fsp3) is 0.500. The molecule has 1 rings (SSSR count). The lowest BCUT2D eigenvalue weighted by atomic mass is 10.2. The third-order valence-electron chi connectivity index (χ3n) is 2.07. The van der Waals surface area contributed by atoms with Crippen LogP contribution in [0.25, 0.3) is 0 Å². The van der Waals surface area contributed by atoms with Gasteiger partial charge in [-0.1, -0.05) is 0 Å². The van der Waals surface area contributed by atoms with Crippen LogP contribution < -0.4 is 0 Å². The molecular formula is C10H14BrNO2. The molecule has 0 saturated carbocycles. The maximum Gasteiger partial charge on any atom is 0.258 e. The number of hydrogen-bond acceptors (Lipinski definition) is 2. The van der Waals surface area contributed by atoms with Crippen molar-refractivity contribution < 1.29 is 9.21 Å². The third kappa shape index (κ3) is 2.18. The summed E-state index contributed by atoms with van der Waals surface area (Å²) in [5.41, 5.74) is 0.584. The van der Waals surface area contributed by atoms with Gasteiger partial charge >= 0.3 is 0 Å². The molecule has 3 nitrogen and oxygen atoms in total. The molecule has 14 heavy (non-hydrogen) atoms.